The van der Waals surface area contributed by atoms with E-state index in [2.05, 4.69) is 15.5 Å². The van der Waals surface area contributed by atoms with Crippen LogP contribution < -0.4 is 5.32 Å². The van der Waals surface area contributed by atoms with Gasteiger partial charge < -0.3 is 9.84 Å². The highest BCUT2D eigenvalue weighted by molar-refractivity contribution is 5.76. The third-order valence-electron chi connectivity index (χ3n) is 7.36. The van der Waals surface area contributed by atoms with Crippen LogP contribution in [0.1, 0.15) is 92.9 Å². The van der Waals surface area contributed by atoms with E-state index in [9.17, 15) is 4.79 Å². The summed E-state index contributed by atoms with van der Waals surface area (Å²) in [5.74, 6) is 3.41. The van der Waals surface area contributed by atoms with E-state index in [1.807, 2.05) is 27.0 Å². The van der Waals surface area contributed by atoms with E-state index < -0.39 is 0 Å². The quantitative estimate of drug-likeness (QED) is 0.670. The Morgan fingerprint density at radius 3 is 2.45 bits per heavy atom. The molecule has 1 N–H and O–H groups in total. The standard InChI is InChI=1S/C25H36N4O2/c1-16-17(2)29-31-25(16)22-15-26-18(3)28-24(22)21-11-9-20(10-12-21)14-27-23(30)13-19-7-5-4-6-8-19/h15,19-21H,4-14H2,1-3H3,(H,27,30). The van der Waals surface area contributed by atoms with Crippen molar-refractivity contribution in [3.63, 3.8) is 0 Å². The lowest BCUT2D eigenvalue weighted by Gasteiger charge is -2.29. The summed E-state index contributed by atoms with van der Waals surface area (Å²) in [6, 6.07) is 0. The van der Waals surface area contributed by atoms with Gasteiger partial charge in [-0.3, -0.25) is 4.79 Å². The molecule has 168 valence electrons. The van der Waals surface area contributed by atoms with Crippen molar-refractivity contribution in [3.05, 3.63) is 29.0 Å². The van der Waals surface area contributed by atoms with E-state index in [0.29, 0.717) is 17.8 Å². The Bertz CT molecular complexity index is 893. The van der Waals surface area contributed by atoms with Gasteiger partial charge in [-0.1, -0.05) is 24.4 Å². The summed E-state index contributed by atoms with van der Waals surface area (Å²) in [5.41, 5.74) is 4.04. The zero-order chi connectivity index (χ0) is 21.8. The first-order valence-electron chi connectivity index (χ1n) is 12.0. The van der Waals surface area contributed by atoms with Crippen molar-refractivity contribution < 1.29 is 9.32 Å². The molecule has 2 aliphatic rings. The molecule has 2 fully saturated rings. The topological polar surface area (TPSA) is 80.9 Å². The van der Waals surface area contributed by atoms with Crippen molar-refractivity contribution >= 4 is 5.91 Å². The van der Waals surface area contributed by atoms with Crippen LogP contribution in [0.2, 0.25) is 0 Å². The van der Waals surface area contributed by atoms with Crippen molar-refractivity contribution in [2.45, 2.75) is 90.9 Å². The van der Waals surface area contributed by atoms with E-state index in [4.69, 9.17) is 9.51 Å². The predicted octanol–water partition coefficient (Wildman–Crippen LogP) is 5.42. The molecule has 0 radical (unpaired) electrons. The number of carbonyl (C=O) groups is 1. The maximum absolute atomic E-state index is 12.4. The third-order valence-corrected chi connectivity index (χ3v) is 7.36. The second-order valence-corrected chi connectivity index (χ2v) is 9.67. The highest BCUT2D eigenvalue weighted by Gasteiger charge is 2.28. The maximum Gasteiger partial charge on any atom is 0.220 e. The van der Waals surface area contributed by atoms with Crippen LogP contribution in [0.25, 0.3) is 11.3 Å². The first-order chi connectivity index (χ1) is 15.0. The van der Waals surface area contributed by atoms with Crippen molar-refractivity contribution in [2.75, 3.05) is 6.54 Å². The molecule has 6 nitrogen and oxygen atoms in total. The van der Waals surface area contributed by atoms with E-state index in [0.717, 1.165) is 72.7 Å². The molecule has 4 rings (SSSR count). The Balaban J connectivity index is 1.33. The highest BCUT2D eigenvalue weighted by Crippen LogP contribution is 2.39. The van der Waals surface area contributed by atoms with E-state index in [1.165, 1.54) is 32.1 Å². The normalized spacial score (nSPS) is 22.4. The van der Waals surface area contributed by atoms with Gasteiger partial charge in [-0.05, 0) is 71.1 Å². The average Bonchev–Trinajstić information content (AvgIpc) is 3.11. The van der Waals surface area contributed by atoms with Crippen molar-refractivity contribution in [2.24, 2.45) is 11.8 Å². The molecule has 0 aliphatic heterocycles. The summed E-state index contributed by atoms with van der Waals surface area (Å²) in [7, 11) is 0. The van der Waals surface area contributed by atoms with Crippen LogP contribution in [-0.4, -0.2) is 27.6 Å². The molecule has 6 heteroatoms. The van der Waals surface area contributed by atoms with Gasteiger partial charge in [0.25, 0.3) is 0 Å². The zero-order valence-electron chi connectivity index (χ0n) is 19.2. The van der Waals surface area contributed by atoms with Gasteiger partial charge in [0.15, 0.2) is 5.76 Å². The molecular formula is C25H36N4O2. The minimum atomic E-state index is 0.249. The number of hydrogen-bond acceptors (Lipinski definition) is 5. The molecule has 2 heterocycles. The number of carbonyl (C=O) groups excluding carboxylic acids is 1. The van der Waals surface area contributed by atoms with Gasteiger partial charge in [0.05, 0.1) is 17.0 Å². The Hall–Kier alpha value is -2.24. The lowest BCUT2D eigenvalue weighted by Crippen LogP contribution is -2.32. The monoisotopic (exact) mass is 424 g/mol. The fraction of sp³-hybridized carbons (Fsp3) is 0.680. The molecule has 2 saturated carbocycles. The SMILES string of the molecule is Cc1ncc(-c2onc(C)c2C)c(C2CCC(CNC(=O)CC3CCCCC3)CC2)n1. The molecule has 0 atom stereocenters. The molecule has 0 bridgehead atoms. The summed E-state index contributed by atoms with van der Waals surface area (Å²) >= 11 is 0. The molecule has 0 spiro atoms. The number of hydrogen-bond donors (Lipinski definition) is 1. The van der Waals surface area contributed by atoms with Gasteiger partial charge in [-0.2, -0.15) is 0 Å². The van der Waals surface area contributed by atoms with Crippen LogP contribution in [0.5, 0.6) is 0 Å². The van der Waals surface area contributed by atoms with Gasteiger partial charge in [0.1, 0.15) is 5.82 Å². The van der Waals surface area contributed by atoms with Gasteiger partial charge in [-0.25, -0.2) is 9.97 Å². The molecule has 1 amide bonds. The minimum absolute atomic E-state index is 0.249. The Kier molecular flexibility index (Phi) is 7.03. The summed E-state index contributed by atoms with van der Waals surface area (Å²) < 4.78 is 5.62. The van der Waals surface area contributed by atoms with Gasteiger partial charge in [0, 0.05) is 30.6 Å². The Labute approximate surface area is 185 Å². The van der Waals surface area contributed by atoms with E-state index in [-0.39, 0.29) is 5.91 Å². The van der Waals surface area contributed by atoms with Gasteiger partial charge in [0.2, 0.25) is 5.91 Å². The number of nitrogens with one attached hydrogen (secondary N) is 1. The number of amides is 1. The first-order valence-corrected chi connectivity index (χ1v) is 12.0. The average molecular weight is 425 g/mol. The van der Waals surface area contributed by atoms with Crippen LogP contribution in [0.4, 0.5) is 0 Å². The van der Waals surface area contributed by atoms with Crippen LogP contribution >= 0.6 is 0 Å². The largest absolute Gasteiger partial charge is 0.356 e. The second-order valence-electron chi connectivity index (χ2n) is 9.67. The van der Waals surface area contributed by atoms with Crippen LogP contribution in [-0.2, 0) is 4.79 Å². The molecule has 0 aromatic carbocycles. The summed E-state index contributed by atoms with van der Waals surface area (Å²) in [4.78, 5) is 21.6. The molecule has 2 aromatic rings. The maximum atomic E-state index is 12.4. The van der Waals surface area contributed by atoms with Crippen molar-refractivity contribution in [1.82, 2.24) is 20.4 Å². The summed E-state index contributed by atoms with van der Waals surface area (Å²) in [5, 5.41) is 7.35. The molecule has 2 aliphatic carbocycles. The molecular weight excluding hydrogens is 388 g/mol. The first kappa shape index (κ1) is 22.0. The molecule has 0 saturated heterocycles. The van der Waals surface area contributed by atoms with Crippen molar-refractivity contribution in [1.29, 1.82) is 0 Å². The van der Waals surface area contributed by atoms with Crippen LogP contribution in [0.15, 0.2) is 10.7 Å². The highest BCUT2D eigenvalue weighted by atomic mass is 16.5. The third kappa shape index (κ3) is 5.34. The van der Waals surface area contributed by atoms with Crippen LogP contribution in [0, 0.1) is 32.6 Å². The van der Waals surface area contributed by atoms with E-state index >= 15 is 0 Å². The van der Waals surface area contributed by atoms with Crippen molar-refractivity contribution in [3.8, 4) is 11.3 Å². The predicted molar refractivity (Wildman–Crippen MR) is 121 cm³/mol. The van der Waals surface area contributed by atoms with Gasteiger partial charge in [-0.15, -0.1) is 0 Å². The van der Waals surface area contributed by atoms with Crippen LogP contribution in [0.3, 0.4) is 0 Å². The Morgan fingerprint density at radius 1 is 1.03 bits per heavy atom. The lowest BCUT2D eigenvalue weighted by molar-refractivity contribution is -0.122. The number of aromatic nitrogens is 3. The number of nitrogens with zero attached hydrogens (tertiary/aromatic N) is 3. The number of rotatable bonds is 6. The smallest absolute Gasteiger partial charge is 0.220 e. The van der Waals surface area contributed by atoms with Gasteiger partial charge >= 0.3 is 0 Å². The lowest BCUT2D eigenvalue weighted by atomic mass is 9.79. The minimum Gasteiger partial charge on any atom is -0.356 e. The van der Waals surface area contributed by atoms with E-state index in [1.54, 1.807) is 0 Å². The number of aryl methyl sites for hydroxylation is 2. The molecule has 31 heavy (non-hydrogen) atoms. The molecule has 0 unspecified atom stereocenters. The fourth-order valence-corrected chi connectivity index (χ4v) is 5.26. The zero-order valence-corrected chi connectivity index (χ0v) is 19.2. The Morgan fingerprint density at radius 2 is 1.77 bits per heavy atom. The summed E-state index contributed by atoms with van der Waals surface area (Å²) in [6.07, 6.45) is 13.4. The summed E-state index contributed by atoms with van der Waals surface area (Å²) in [6.45, 7) is 6.76. The fourth-order valence-electron chi connectivity index (χ4n) is 5.26. The second kappa shape index (κ2) is 9.92. The molecule has 2 aromatic heterocycles.